The molecule has 1 atom stereocenters. The number of fused-ring (bicyclic) bond motifs is 1. The smallest absolute Gasteiger partial charge is 0.199 e. The zero-order chi connectivity index (χ0) is 26.1. The SMILES string of the molecule is C=C(NCCCN(CCC)S(=O)c1cccc2cccnc12)SC(C(=O)c1cccc(F)c1)=C(C)C. The molecule has 1 heterocycles. The Hall–Kier alpha value is -2.81. The summed E-state index contributed by atoms with van der Waals surface area (Å²) in [6.45, 7) is 11.8. The Balaban J connectivity index is 1.57. The van der Waals surface area contributed by atoms with Crippen LogP contribution in [0.4, 0.5) is 4.39 Å². The quantitative estimate of drug-likeness (QED) is 0.157. The Morgan fingerprint density at radius 3 is 2.61 bits per heavy atom. The standard InChI is InChI=1S/C28H32FN3O2S2/c1-5-17-32(36(34)25-14-7-10-22-12-8-15-31-26(22)25)18-9-16-30-21(4)35-28(20(2)3)27(33)23-11-6-13-24(29)19-23/h6-8,10-15,19,30H,4-5,9,16-18H2,1-3H3. The van der Waals surface area contributed by atoms with Gasteiger partial charge >= 0.3 is 0 Å². The predicted molar refractivity (Wildman–Crippen MR) is 148 cm³/mol. The van der Waals surface area contributed by atoms with Gasteiger partial charge in [-0.3, -0.25) is 9.78 Å². The van der Waals surface area contributed by atoms with E-state index in [4.69, 9.17) is 0 Å². The summed E-state index contributed by atoms with van der Waals surface area (Å²) < 4.78 is 29.0. The van der Waals surface area contributed by atoms with Crippen LogP contribution in [0.25, 0.3) is 10.9 Å². The number of halogens is 1. The number of allylic oxidation sites excluding steroid dienone is 2. The molecule has 1 unspecified atom stereocenters. The van der Waals surface area contributed by atoms with Crippen LogP contribution < -0.4 is 5.32 Å². The third kappa shape index (κ3) is 7.35. The van der Waals surface area contributed by atoms with Crippen molar-refractivity contribution in [3.8, 4) is 0 Å². The lowest BCUT2D eigenvalue weighted by Gasteiger charge is -2.21. The zero-order valence-corrected chi connectivity index (χ0v) is 22.6. The maximum Gasteiger partial charge on any atom is 0.199 e. The van der Waals surface area contributed by atoms with E-state index in [0.29, 0.717) is 35.1 Å². The number of carbonyl (C=O) groups is 1. The number of benzene rings is 2. The molecule has 1 aromatic heterocycles. The lowest BCUT2D eigenvalue weighted by atomic mass is 10.1. The number of thioether (sulfide) groups is 1. The van der Waals surface area contributed by atoms with Gasteiger partial charge in [0.05, 0.1) is 20.3 Å². The Kier molecular flexibility index (Phi) is 10.4. The van der Waals surface area contributed by atoms with Gasteiger partial charge in [-0.25, -0.2) is 12.9 Å². The van der Waals surface area contributed by atoms with Gasteiger partial charge in [0.2, 0.25) is 0 Å². The van der Waals surface area contributed by atoms with Crippen LogP contribution in [0.2, 0.25) is 0 Å². The van der Waals surface area contributed by atoms with Crippen molar-refractivity contribution in [1.82, 2.24) is 14.6 Å². The van der Waals surface area contributed by atoms with Gasteiger partial charge in [0.1, 0.15) is 16.8 Å². The van der Waals surface area contributed by atoms with Crippen LogP contribution in [0.1, 0.15) is 44.0 Å². The molecular weight excluding hydrogens is 493 g/mol. The molecule has 0 aliphatic heterocycles. The van der Waals surface area contributed by atoms with Crippen molar-refractivity contribution in [2.75, 3.05) is 19.6 Å². The van der Waals surface area contributed by atoms with E-state index in [-0.39, 0.29) is 5.78 Å². The highest BCUT2D eigenvalue weighted by Crippen LogP contribution is 2.29. The molecule has 0 fully saturated rings. The van der Waals surface area contributed by atoms with Crippen LogP contribution in [0.5, 0.6) is 0 Å². The number of nitrogens with one attached hydrogen (secondary N) is 1. The van der Waals surface area contributed by atoms with E-state index in [1.807, 2.05) is 48.5 Å². The fourth-order valence-corrected chi connectivity index (χ4v) is 5.95. The first-order valence-corrected chi connectivity index (χ1v) is 13.8. The van der Waals surface area contributed by atoms with Crippen LogP contribution in [0.15, 0.2) is 87.8 Å². The number of rotatable bonds is 13. The van der Waals surface area contributed by atoms with Gasteiger partial charge in [0.25, 0.3) is 0 Å². The Bertz CT molecular complexity index is 1280. The average molecular weight is 526 g/mol. The third-order valence-electron chi connectivity index (χ3n) is 5.37. The largest absolute Gasteiger partial charge is 0.380 e. The number of para-hydroxylation sites is 1. The van der Waals surface area contributed by atoms with E-state index >= 15 is 0 Å². The van der Waals surface area contributed by atoms with Crippen LogP contribution >= 0.6 is 11.8 Å². The molecule has 8 heteroatoms. The third-order valence-corrected chi connectivity index (χ3v) is 8.10. The summed E-state index contributed by atoms with van der Waals surface area (Å²) >= 11 is 1.26. The molecule has 0 saturated carbocycles. The fraction of sp³-hybridized carbons (Fsp3) is 0.286. The van der Waals surface area contributed by atoms with Gasteiger partial charge in [-0.05, 0) is 51.0 Å². The maximum atomic E-state index is 13.6. The van der Waals surface area contributed by atoms with Crippen molar-refractivity contribution < 1.29 is 13.4 Å². The molecule has 0 spiro atoms. The first kappa shape index (κ1) is 27.8. The molecule has 36 heavy (non-hydrogen) atoms. The molecule has 1 N–H and O–H groups in total. The first-order valence-electron chi connectivity index (χ1n) is 11.9. The Morgan fingerprint density at radius 1 is 1.14 bits per heavy atom. The normalized spacial score (nSPS) is 11.9. The van der Waals surface area contributed by atoms with E-state index in [2.05, 4.69) is 23.8 Å². The second kappa shape index (κ2) is 13.5. The summed E-state index contributed by atoms with van der Waals surface area (Å²) in [5, 5.41) is 4.87. The minimum Gasteiger partial charge on any atom is -0.380 e. The Labute approximate surface area is 219 Å². The summed E-state index contributed by atoms with van der Waals surface area (Å²) in [5.74, 6) is -0.667. The van der Waals surface area contributed by atoms with Crippen molar-refractivity contribution in [2.24, 2.45) is 0 Å². The lowest BCUT2D eigenvalue weighted by molar-refractivity contribution is 0.104. The molecule has 0 amide bonds. The van der Waals surface area contributed by atoms with Crippen molar-refractivity contribution in [3.63, 3.8) is 0 Å². The molecule has 0 saturated heterocycles. The minimum absolute atomic E-state index is 0.226. The van der Waals surface area contributed by atoms with Gasteiger partial charge < -0.3 is 5.32 Å². The zero-order valence-electron chi connectivity index (χ0n) is 20.9. The van der Waals surface area contributed by atoms with E-state index < -0.39 is 16.8 Å². The number of aromatic nitrogens is 1. The monoisotopic (exact) mass is 525 g/mol. The molecule has 190 valence electrons. The number of nitrogens with zero attached hydrogens (tertiary/aromatic N) is 2. The molecule has 3 aromatic rings. The second-order valence-corrected chi connectivity index (χ2v) is 11.0. The topological polar surface area (TPSA) is 62.3 Å². The molecule has 0 radical (unpaired) electrons. The van der Waals surface area contributed by atoms with Crippen LogP contribution in [-0.4, -0.2) is 38.9 Å². The van der Waals surface area contributed by atoms with Crippen LogP contribution in [0.3, 0.4) is 0 Å². The van der Waals surface area contributed by atoms with Gasteiger partial charge in [-0.15, -0.1) is 0 Å². The highest BCUT2D eigenvalue weighted by atomic mass is 32.2. The van der Waals surface area contributed by atoms with E-state index in [0.717, 1.165) is 34.2 Å². The van der Waals surface area contributed by atoms with E-state index in [9.17, 15) is 13.4 Å². The number of pyridine rings is 1. The maximum absolute atomic E-state index is 13.6. The number of Topliss-reactive ketones (excluding diaryl/α,β-unsaturated/α-hetero) is 1. The van der Waals surface area contributed by atoms with E-state index in [1.54, 1.807) is 12.3 Å². The summed E-state index contributed by atoms with van der Waals surface area (Å²) in [7, 11) is -1.32. The number of hydrogen-bond acceptors (Lipinski definition) is 5. The van der Waals surface area contributed by atoms with E-state index in [1.165, 1.54) is 30.0 Å². The number of carbonyl (C=O) groups excluding carboxylic acids is 1. The van der Waals surface area contributed by atoms with Crippen LogP contribution in [0, 0.1) is 5.82 Å². The molecule has 0 bridgehead atoms. The van der Waals surface area contributed by atoms with Gasteiger partial charge in [-0.2, -0.15) is 0 Å². The van der Waals surface area contributed by atoms with Crippen molar-refractivity contribution in [1.29, 1.82) is 0 Å². The summed E-state index contributed by atoms with van der Waals surface area (Å²) in [5.41, 5.74) is 1.91. The average Bonchev–Trinajstić information content (AvgIpc) is 2.87. The number of hydrogen-bond donors (Lipinski definition) is 1. The van der Waals surface area contributed by atoms with Crippen molar-refractivity contribution >= 4 is 39.4 Å². The fourth-order valence-electron chi connectivity index (χ4n) is 3.66. The number of ketones is 1. The summed E-state index contributed by atoms with van der Waals surface area (Å²) in [6.07, 6.45) is 3.34. The molecule has 0 aliphatic rings. The molecular formula is C28H32FN3O2S2. The summed E-state index contributed by atoms with van der Waals surface area (Å²) in [4.78, 5) is 18.6. The highest BCUT2D eigenvalue weighted by Gasteiger charge is 2.18. The van der Waals surface area contributed by atoms with Crippen molar-refractivity contribution in [2.45, 2.75) is 38.5 Å². The molecule has 2 aromatic carbocycles. The second-order valence-electron chi connectivity index (χ2n) is 8.48. The minimum atomic E-state index is -1.32. The lowest BCUT2D eigenvalue weighted by Crippen LogP contribution is -2.30. The van der Waals surface area contributed by atoms with Crippen LogP contribution in [-0.2, 0) is 11.0 Å². The molecule has 3 rings (SSSR count). The van der Waals surface area contributed by atoms with Crippen molar-refractivity contribution in [3.05, 3.63) is 94.3 Å². The molecule has 5 nitrogen and oxygen atoms in total. The van der Waals surface area contributed by atoms with Gasteiger partial charge in [0, 0.05) is 36.8 Å². The Morgan fingerprint density at radius 2 is 1.89 bits per heavy atom. The highest BCUT2D eigenvalue weighted by molar-refractivity contribution is 8.07. The van der Waals surface area contributed by atoms with Gasteiger partial charge in [-0.1, -0.05) is 61.2 Å². The first-order chi connectivity index (χ1) is 17.3. The molecule has 0 aliphatic carbocycles. The predicted octanol–water partition coefficient (Wildman–Crippen LogP) is 6.47. The summed E-state index contributed by atoms with van der Waals surface area (Å²) in [6, 6.07) is 15.3. The van der Waals surface area contributed by atoms with Gasteiger partial charge in [0.15, 0.2) is 5.78 Å².